The summed E-state index contributed by atoms with van der Waals surface area (Å²) in [7, 11) is -0.644. The van der Waals surface area contributed by atoms with Gasteiger partial charge in [-0.05, 0) is 31.5 Å². The molecule has 0 saturated carbocycles. The van der Waals surface area contributed by atoms with Crippen molar-refractivity contribution >= 4 is 10.0 Å². The minimum absolute atomic E-state index is 0.110. The van der Waals surface area contributed by atoms with Gasteiger partial charge in [0.25, 0.3) is 0 Å². The first-order valence-electron chi connectivity index (χ1n) is 5.60. The summed E-state index contributed by atoms with van der Waals surface area (Å²) < 4.78 is 31.0. The van der Waals surface area contributed by atoms with Gasteiger partial charge in [0.05, 0.1) is 13.7 Å². The molecule has 0 heterocycles. The highest BCUT2D eigenvalue weighted by molar-refractivity contribution is 7.89. The van der Waals surface area contributed by atoms with E-state index in [2.05, 4.69) is 0 Å². The molecule has 5 nitrogen and oxygen atoms in total. The predicted octanol–water partition coefficient (Wildman–Crippen LogP) is 1.22. The molecule has 1 N–H and O–H groups in total. The molecule has 6 heteroatoms. The molecule has 1 rings (SSSR count). The first-order chi connectivity index (χ1) is 8.34. The fourth-order valence-corrected chi connectivity index (χ4v) is 2.96. The van der Waals surface area contributed by atoms with E-state index in [9.17, 15) is 8.42 Å². The number of rotatable bonds is 5. The zero-order valence-corrected chi connectivity index (χ0v) is 11.9. The smallest absolute Gasteiger partial charge is 0.246 e. The molecule has 18 heavy (non-hydrogen) atoms. The molecular formula is C12H19NO4S. The lowest BCUT2D eigenvalue weighted by Crippen LogP contribution is -2.33. The Balaban J connectivity index is 3.32. The molecule has 102 valence electrons. The zero-order valence-electron chi connectivity index (χ0n) is 11.0. The molecule has 0 aliphatic carbocycles. The van der Waals surface area contributed by atoms with Gasteiger partial charge in [-0.1, -0.05) is 6.07 Å². The van der Waals surface area contributed by atoms with Crippen LogP contribution in [0, 0.1) is 0 Å². The van der Waals surface area contributed by atoms with Crippen LogP contribution in [-0.4, -0.2) is 38.0 Å². The zero-order chi connectivity index (χ0) is 13.9. The van der Waals surface area contributed by atoms with Gasteiger partial charge in [0.1, 0.15) is 10.6 Å². The number of nitrogens with zero attached hydrogens (tertiary/aromatic N) is 1. The van der Waals surface area contributed by atoms with Crippen LogP contribution in [0.15, 0.2) is 23.1 Å². The number of aliphatic hydroxyl groups excluding tert-OH is 1. The van der Waals surface area contributed by atoms with E-state index < -0.39 is 10.0 Å². The van der Waals surface area contributed by atoms with Crippen molar-refractivity contribution in [1.82, 2.24) is 4.31 Å². The van der Waals surface area contributed by atoms with Crippen LogP contribution >= 0.6 is 0 Å². The second-order valence-corrected chi connectivity index (χ2v) is 6.22. The quantitative estimate of drug-likeness (QED) is 0.876. The topological polar surface area (TPSA) is 66.8 Å². The third-order valence-corrected chi connectivity index (χ3v) is 4.87. The molecule has 0 bridgehead atoms. The molecule has 0 aliphatic rings. The largest absolute Gasteiger partial charge is 0.495 e. The highest BCUT2D eigenvalue weighted by atomic mass is 32.2. The Morgan fingerprint density at radius 2 is 2.00 bits per heavy atom. The molecule has 0 fully saturated rings. The Hall–Kier alpha value is -1.11. The predicted molar refractivity (Wildman–Crippen MR) is 69.0 cm³/mol. The standard InChI is InChI=1S/C12H19NO4S/c1-9(2)13(3)18(15,16)12-6-5-10(8-14)7-11(12)17-4/h5-7,9,14H,8H2,1-4H3. The van der Waals surface area contributed by atoms with Crippen LogP contribution in [0.4, 0.5) is 0 Å². The van der Waals surface area contributed by atoms with Gasteiger partial charge in [0, 0.05) is 13.1 Å². The Kier molecular flexibility index (Phi) is 4.72. The highest BCUT2D eigenvalue weighted by Gasteiger charge is 2.26. The van der Waals surface area contributed by atoms with Crippen molar-refractivity contribution in [2.45, 2.75) is 31.4 Å². The molecule has 0 atom stereocenters. The van der Waals surface area contributed by atoms with Gasteiger partial charge < -0.3 is 9.84 Å². The molecule has 0 amide bonds. The molecule has 0 spiro atoms. The first kappa shape index (κ1) is 14.9. The normalized spacial score (nSPS) is 12.2. The van der Waals surface area contributed by atoms with Crippen LogP contribution in [0.1, 0.15) is 19.4 Å². The van der Waals surface area contributed by atoms with Gasteiger partial charge in [-0.25, -0.2) is 8.42 Å². The van der Waals surface area contributed by atoms with Crippen molar-refractivity contribution in [3.8, 4) is 5.75 Å². The molecule has 1 aromatic rings. The fraction of sp³-hybridized carbons (Fsp3) is 0.500. The lowest BCUT2D eigenvalue weighted by atomic mass is 10.2. The average molecular weight is 273 g/mol. The van der Waals surface area contributed by atoms with Crippen molar-refractivity contribution in [3.05, 3.63) is 23.8 Å². The van der Waals surface area contributed by atoms with E-state index in [1.165, 1.54) is 30.6 Å². The molecule has 0 radical (unpaired) electrons. The maximum atomic E-state index is 12.3. The van der Waals surface area contributed by atoms with Crippen molar-refractivity contribution in [1.29, 1.82) is 0 Å². The lowest BCUT2D eigenvalue weighted by Gasteiger charge is -2.22. The summed E-state index contributed by atoms with van der Waals surface area (Å²) in [4.78, 5) is 0.110. The number of sulfonamides is 1. The number of methoxy groups -OCH3 is 1. The molecule has 1 aromatic carbocycles. The lowest BCUT2D eigenvalue weighted by molar-refractivity contribution is 0.280. The second kappa shape index (κ2) is 5.69. The molecular weight excluding hydrogens is 254 g/mol. The van der Waals surface area contributed by atoms with E-state index in [1.54, 1.807) is 19.9 Å². The fourth-order valence-electron chi connectivity index (χ4n) is 1.46. The van der Waals surface area contributed by atoms with Gasteiger partial charge in [-0.3, -0.25) is 0 Å². The van der Waals surface area contributed by atoms with E-state index in [4.69, 9.17) is 9.84 Å². The van der Waals surface area contributed by atoms with Gasteiger partial charge >= 0.3 is 0 Å². The summed E-state index contributed by atoms with van der Waals surface area (Å²) in [5, 5.41) is 9.03. The molecule has 0 aromatic heterocycles. The third-order valence-electron chi connectivity index (χ3n) is 2.79. The van der Waals surface area contributed by atoms with E-state index in [0.717, 1.165) is 0 Å². The van der Waals surface area contributed by atoms with Crippen LogP contribution in [0.5, 0.6) is 5.75 Å². The van der Waals surface area contributed by atoms with Crippen LogP contribution in [-0.2, 0) is 16.6 Å². The van der Waals surface area contributed by atoms with E-state index in [1.807, 2.05) is 0 Å². The summed E-state index contributed by atoms with van der Waals surface area (Å²) >= 11 is 0. The minimum atomic E-state index is -3.58. The molecule has 0 unspecified atom stereocenters. The number of hydrogen-bond donors (Lipinski definition) is 1. The molecule has 0 saturated heterocycles. The van der Waals surface area contributed by atoms with Crippen LogP contribution in [0.2, 0.25) is 0 Å². The van der Waals surface area contributed by atoms with Crippen LogP contribution < -0.4 is 4.74 Å². The summed E-state index contributed by atoms with van der Waals surface area (Å²) in [6.45, 7) is 3.44. The monoisotopic (exact) mass is 273 g/mol. The highest BCUT2D eigenvalue weighted by Crippen LogP contribution is 2.28. The number of hydrogen-bond acceptors (Lipinski definition) is 4. The Labute approximate surface area is 108 Å². The van der Waals surface area contributed by atoms with Gasteiger partial charge in [-0.2, -0.15) is 4.31 Å². The average Bonchev–Trinajstić information content (AvgIpc) is 2.36. The Morgan fingerprint density at radius 1 is 1.39 bits per heavy atom. The minimum Gasteiger partial charge on any atom is -0.495 e. The van der Waals surface area contributed by atoms with Crippen molar-refractivity contribution in [2.24, 2.45) is 0 Å². The SMILES string of the molecule is COc1cc(CO)ccc1S(=O)(=O)N(C)C(C)C. The van der Waals surface area contributed by atoms with Crippen molar-refractivity contribution < 1.29 is 18.3 Å². The maximum absolute atomic E-state index is 12.3. The summed E-state index contributed by atoms with van der Waals surface area (Å²) in [5.41, 5.74) is 0.609. The Morgan fingerprint density at radius 3 is 2.44 bits per heavy atom. The van der Waals surface area contributed by atoms with Crippen molar-refractivity contribution in [3.63, 3.8) is 0 Å². The summed E-state index contributed by atoms with van der Waals surface area (Å²) in [6.07, 6.45) is 0. The molecule has 0 aliphatic heterocycles. The number of ether oxygens (including phenoxy) is 1. The van der Waals surface area contributed by atoms with Crippen molar-refractivity contribution in [2.75, 3.05) is 14.2 Å². The van der Waals surface area contributed by atoms with E-state index in [-0.39, 0.29) is 23.3 Å². The second-order valence-electron chi connectivity index (χ2n) is 4.26. The number of benzene rings is 1. The van der Waals surface area contributed by atoms with E-state index in [0.29, 0.717) is 5.56 Å². The first-order valence-corrected chi connectivity index (χ1v) is 7.04. The maximum Gasteiger partial charge on any atom is 0.246 e. The van der Waals surface area contributed by atoms with Gasteiger partial charge in [0.2, 0.25) is 10.0 Å². The third kappa shape index (κ3) is 2.82. The van der Waals surface area contributed by atoms with E-state index >= 15 is 0 Å². The summed E-state index contributed by atoms with van der Waals surface area (Å²) in [6, 6.07) is 4.42. The van der Waals surface area contributed by atoms with Crippen LogP contribution in [0.3, 0.4) is 0 Å². The number of aliphatic hydroxyl groups is 1. The Bertz CT molecular complexity index is 511. The van der Waals surface area contributed by atoms with Gasteiger partial charge in [0.15, 0.2) is 0 Å². The van der Waals surface area contributed by atoms with Gasteiger partial charge in [-0.15, -0.1) is 0 Å². The van der Waals surface area contributed by atoms with Crippen LogP contribution in [0.25, 0.3) is 0 Å². The summed E-state index contributed by atoms with van der Waals surface area (Å²) in [5.74, 6) is 0.244.